The summed E-state index contributed by atoms with van der Waals surface area (Å²) in [6.45, 7) is 0.433. The molecule has 3 aromatic rings. The van der Waals surface area contributed by atoms with E-state index in [0.717, 1.165) is 22.5 Å². The van der Waals surface area contributed by atoms with Gasteiger partial charge in [-0.05, 0) is 36.2 Å². The molecule has 3 rings (SSSR count). The number of aromatic nitrogens is 1. The van der Waals surface area contributed by atoms with Crippen LogP contribution in [0.3, 0.4) is 0 Å². The quantitative estimate of drug-likeness (QED) is 0.752. The number of aromatic amines is 1. The molecular formula is C17H14ClFN2O. The van der Waals surface area contributed by atoms with Crippen LogP contribution in [0, 0.1) is 5.82 Å². The fraction of sp³-hybridized carbons (Fsp3) is 0.118. The molecule has 0 aliphatic heterocycles. The van der Waals surface area contributed by atoms with Gasteiger partial charge in [0.2, 0.25) is 0 Å². The van der Waals surface area contributed by atoms with Gasteiger partial charge in [-0.3, -0.25) is 4.79 Å². The van der Waals surface area contributed by atoms with Crippen molar-refractivity contribution < 1.29 is 9.18 Å². The minimum Gasteiger partial charge on any atom is -0.361 e. The number of hydrogen-bond acceptors (Lipinski definition) is 1. The first-order chi connectivity index (χ1) is 10.6. The van der Waals surface area contributed by atoms with Gasteiger partial charge < -0.3 is 10.3 Å². The largest absolute Gasteiger partial charge is 0.361 e. The zero-order valence-corrected chi connectivity index (χ0v) is 12.5. The third-order valence-electron chi connectivity index (χ3n) is 3.53. The van der Waals surface area contributed by atoms with Crippen molar-refractivity contribution in [3.05, 3.63) is 70.6 Å². The summed E-state index contributed by atoms with van der Waals surface area (Å²) in [6.07, 6.45) is 2.60. The standard InChI is InChI=1S/C17H14ClFN2O/c18-12-5-6-14(15(19)9-12)17(22)20-8-7-11-10-21-16-4-2-1-3-13(11)16/h1-6,9-10,21H,7-8H2,(H,20,22). The highest BCUT2D eigenvalue weighted by Gasteiger charge is 2.11. The van der Waals surface area contributed by atoms with Crippen LogP contribution in [0.4, 0.5) is 4.39 Å². The lowest BCUT2D eigenvalue weighted by Crippen LogP contribution is -2.26. The van der Waals surface area contributed by atoms with Crippen molar-refractivity contribution >= 4 is 28.4 Å². The molecule has 22 heavy (non-hydrogen) atoms. The smallest absolute Gasteiger partial charge is 0.254 e. The predicted octanol–water partition coefficient (Wildman–Crippen LogP) is 3.93. The highest BCUT2D eigenvalue weighted by atomic mass is 35.5. The molecule has 1 amide bonds. The van der Waals surface area contributed by atoms with Crippen LogP contribution in [0.5, 0.6) is 0 Å². The Labute approximate surface area is 132 Å². The Bertz CT molecular complexity index is 828. The molecule has 0 saturated heterocycles. The van der Waals surface area contributed by atoms with Crippen molar-refractivity contribution in [1.82, 2.24) is 10.3 Å². The summed E-state index contributed by atoms with van der Waals surface area (Å²) in [7, 11) is 0. The number of H-pyrrole nitrogens is 1. The summed E-state index contributed by atoms with van der Waals surface area (Å²) in [6, 6.07) is 12.0. The zero-order valence-electron chi connectivity index (χ0n) is 11.7. The van der Waals surface area contributed by atoms with E-state index in [2.05, 4.69) is 10.3 Å². The number of para-hydroxylation sites is 1. The topological polar surface area (TPSA) is 44.9 Å². The summed E-state index contributed by atoms with van der Waals surface area (Å²) in [5.41, 5.74) is 2.18. The Kier molecular flexibility index (Phi) is 4.11. The average molecular weight is 317 g/mol. The van der Waals surface area contributed by atoms with Crippen LogP contribution in [-0.2, 0) is 6.42 Å². The maximum absolute atomic E-state index is 13.7. The first-order valence-corrected chi connectivity index (χ1v) is 7.31. The van der Waals surface area contributed by atoms with Gasteiger partial charge in [0, 0.05) is 28.7 Å². The Hall–Kier alpha value is -2.33. The van der Waals surface area contributed by atoms with Crippen molar-refractivity contribution in [2.75, 3.05) is 6.54 Å². The molecule has 0 fully saturated rings. The molecule has 0 radical (unpaired) electrons. The van der Waals surface area contributed by atoms with E-state index in [-0.39, 0.29) is 10.6 Å². The SMILES string of the molecule is O=C(NCCc1c[nH]c2ccccc12)c1ccc(Cl)cc1F. The van der Waals surface area contributed by atoms with Gasteiger partial charge in [0.15, 0.2) is 0 Å². The van der Waals surface area contributed by atoms with E-state index in [1.54, 1.807) is 0 Å². The second kappa shape index (κ2) is 6.20. The molecule has 5 heteroatoms. The molecule has 0 unspecified atom stereocenters. The Morgan fingerprint density at radius 3 is 2.86 bits per heavy atom. The molecule has 3 nitrogen and oxygen atoms in total. The molecule has 0 saturated carbocycles. The Balaban J connectivity index is 1.64. The van der Waals surface area contributed by atoms with Gasteiger partial charge in [-0.2, -0.15) is 0 Å². The fourth-order valence-electron chi connectivity index (χ4n) is 2.42. The molecule has 0 aliphatic rings. The monoisotopic (exact) mass is 316 g/mol. The third-order valence-corrected chi connectivity index (χ3v) is 3.77. The molecule has 1 heterocycles. The second-order valence-corrected chi connectivity index (χ2v) is 5.43. The fourth-order valence-corrected chi connectivity index (χ4v) is 2.58. The van der Waals surface area contributed by atoms with Crippen LogP contribution in [0.2, 0.25) is 5.02 Å². The van der Waals surface area contributed by atoms with Crippen molar-refractivity contribution in [2.45, 2.75) is 6.42 Å². The van der Waals surface area contributed by atoms with Crippen molar-refractivity contribution in [3.63, 3.8) is 0 Å². The van der Waals surface area contributed by atoms with E-state index in [1.165, 1.54) is 12.1 Å². The molecular weight excluding hydrogens is 303 g/mol. The first-order valence-electron chi connectivity index (χ1n) is 6.93. The van der Waals surface area contributed by atoms with Gasteiger partial charge in [-0.15, -0.1) is 0 Å². The van der Waals surface area contributed by atoms with E-state index in [1.807, 2.05) is 30.5 Å². The van der Waals surface area contributed by atoms with Gasteiger partial charge in [0.05, 0.1) is 5.56 Å². The predicted molar refractivity (Wildman–Crippen MR) is 85.7 cm³/mol. The summed E-state index contributed by atoms with van der Waals surface area (Å²) < 4.78 is 13.7. The number of carbonyl (C=O) groups is 1. The normalized spacial score (nSPS) is 10.8. The van der Waals surface area contributed by atoms with E-state index in [9.17, 15) is 9.18 Å². The first kappa shape index (κ1) is 14.6. The number of amides is 1. The van der Waals surface area contributed by atoms with E-state index in [0.29, 0.717) is 13.0 Å². The van der Waals surface area contributed by atoms with Crippen molar-refractivity contribution in [1.29, 1.82) is 0 Å². The van der Waals surface area contributed by atoms with Crippen molar-refractivity contribution in [3.8, 4) is 0 Å². The maximum Gasteiger partial charge on any atom is 0.254 e. The van der Waals surface area contributed by atoms with Gasteiger partial charge in [-0.25, -0.2) is 4.39 Å². The number of rotatable bonds is 4. The minimum absolute atomic E-state index is 0.00308. The number of fused-ring (bicyclic) bond motifs is 1. The van der Waals surface area contributed by atoms with Gasteiger partial charge in [0.25, 0.3) is 5.91 Å². The minimum atomic E-state index is -0.614. The summed E-state index contributed by atoms with van der Waals surface area (Å²) in [4.78, 5) is 15.2. The number of hydrogen-bond donors (Lipinski definition) is 2. The molecule has 2 N–H and O–H groups in total. The molecule has 2 aromatic carbocycles. The molecule has 0 spiro atoms. The lowest BCUT2D eigenvalue weighted by Gasteiger charge is -2.06. The lowest BCUT2D eigenvalue weighted by atomic mass is 10.1. The van der Waals surface area contributed by atoms with Crippen LogP contribution < -0.4 is 5.32 Å². The number of halogens is 2. The van der Waals surface area contributed by atoms with Crippen molar-refractivity contribution in [2.24, 2.45) is 0 Å². The number of carbonyl (C=O) groups excluding carboxylic acids is 1. The summed E-state index contributed by atoms with van der Waals surface area (Å²) in [5.74, 6) is -1.05. The highest BCUT2D eigenvalue weighted by Crippen LogP contribution is 2.18. The van der Waals surface area contributed by atoms with E-state index < -0.39 is 11.7 Å². The third kappa shape index (κ3) is 2.97. The van der Waals surface area contributed by atoms with Crippen LogP contribution in [0.25, 0.3) is 10.9 Å². The van der Waals surface area contributed by atoms with Gasteiger partial charge in [0.1, 0.15) is 5.82 Å². The lowest BCUT2D eigenvalue weighted by molar-refractivity contribution is 0.0950. The van der Waals surface area contributed by atoms with Crippen LogP contribution in [0.15, 0.2) is 48.7 Å². The Morgan fingerprint density at radius 2 is 2.05 bits per heavy atom. The summed E-state index contributed by atoms with van der Waals surface area (Å²) in [5, 5.41) is 4.13. The van der Waals surface area contributed by atoms with Gasteiger partial charge in [-0.1, -0.05) is 29.8 Å². The number of nitrogens with one attached hydrogen (secondary N) is 2. The zero-order chi connectivity index (χ0) is 15.5. The molecule has 112 valence electrons. The highest BCUT2D eigenvalue weighted by molar-refractivity contribution is 6.30. The van der Waals surface area contributed by atoms with Crippen LogP contribution >= 0.6 is 11.6 Å². The van der Waals surface area contributed by atoms with Crippen LogP contribution in [0.1, 0.15) is 15.9 Å². The second-order valence-electron chi connectivity index (χ2n) is 4.99. The molecule has 0 aliphatic carbocycles. The average Bonchev–Trinajstić information content (AvgIpc) is 2.90. The number of benzene rings is 2. The van der Waals surface area contributed by atoms with E-state index in [4.69, 9.17) is 11.6 Å². The molecule has 0 atom stereocenters. The van der Waals surface area contributed by atoms with Crippen LogP contribution in [-0.4, -0.2) is 17.4 Å². The van der Waals surface area contributed by atoms with E-state index >= 15 is 0 Å². The molecule has 0 bridgehead atoms. The Morgan fingerprint density at radius 1 is 1.23 bits per heavy atom. The van der Waals surface area contributed by atoms with Gasteiger partial charge >= 0.3 is 0 Å². The molecule has 1 aromatic heterocycles. The maximum atomic E-state index is 13.7. The summed E-state index contributed by atoms with van der Waals surface area (Å²) >= 11 is 5.67.